The average Bonchev–Trinajstić information content (AvgIpc) is 3.33. The van der Waals surface area contributed by atoms with Gasteiger partial charge in [-0.05, 0) is 70.3 Å². The van der Waals surface area contributed by atoms with Crippen LogP contribution in [0.2, 0.25) is 0 Å². The lowest BCUT2D eigenvalue weighted by atomic mass is 10.0. The van der Waals surface area contributed by atoms with Crippen molar-refractivity contribution in [1.82, 2.24) is 5.32 Å². The van der Waals surface area contributed by atoms with Gasteiger partial charge in [-0.3, -0.25) is 18.6 Å². The number of esters is 1. The van der Waals surface area contributed by atoms with E-state index < -0.39 is 20.0 Å². The van der Waals surface area contributed by atoms with Crippen LogP contribution >= 0.6 is 7.82 Å². The molecule has 0 spiro atoms. The number of quaternary nitrogens is 1. The SMILES string of the molecule is CC/C=C\C/C=C\C/C=C\C/C=C\C/C=C\CCCC(=O)NC(COP(=O)(O)OCC[N+](C)(C)C)C(/C=C/CCCCCCCCCCCCC)OC(=O)CCCCCCCCCCCCCCCCC. The summed E-state index contributed by atoms with van der Waals surface area (Å²) in [6.07, 6.45) is 64.7. The Morgan fingerprint density at radius 2 is 0.915 bits per heavy atom. The molecule has 0 bridgehead atoms. The third-order valence-corrected chi connectivity index (χ3v) is 13.6. The summed E-state index contributed by atoms with van der Waals surface area (Å²) in [5.41, 5.74) is 0. The minimum Gasteiger partial charge on any atom is -0.456 e. The quantitative estimate of drug-likeness (QED) is 0.0205. The van der Waals surface area contributed by atoms with Gasteiger partial charge in [0.05, 0.1) is 33.8 Å². The van der Waals surface area contributed by atoms with Gasteiger partial charge >= 0.3 is 13.8 Å². The smallest absolute Gasteiger partial charge is 0.456 e. The molecular formula is C61H112N2O7P+. The van der Waals surface area contributed by atoms with Crippen LogP contribution in [0.4, 0.5) is 0 Å². The number of amides is 1. The van der Waals surface area contributed by atoms with E-state index in [0.717, 1.165) is 77.0 Å². The largest absolute Gasteiger partial charge is 0.472 e. The molecule has 0 fully saturated rings. The molecule has 9 nitrogen and oxygen atoms in total. The first-order chi connectivity index (χ1) is 34.4. The van der Waals surface area contributed by atoms with E-state index in [0.29, 0.717) is 17.4 Å². The maximum atomic E-state index is 13.5. The van der Waals surface area contributed by atoms with Crippen LogP contribution in [0.25, 0.3) is 0 Å². The number of phosphoric ester groups is 1. The minimum atomic E-state index is -4.46. The lowest BCUT2D eigenvalue weighted by molar-refractivity contribution is -0.870. The van der Waals surface area contributed by atoms with E-state index in [-0.39, 0.29) is 37.9 Å². The van der Waals surface area contributed by atoms with E-state index in [1.165, 1.54) is 135 Å². The number of allylic oxidation sites excluding steroid dienone is 11. The fourth-order valence-corrected chi connectivity index (χ4v) is 8.89. The van der Waals surface area contributed by atoms with Gasteiger partial charge in [0.1, 0.15) is 19.3 Å². The number of hydrogen-bond donors (Lipinski definition) is 2. The Kier molecular flexibility index (Phi) is 49.1. The monoisotopic (exact) mass is 1020 g/mol. The first-order valence-corrected chi connectivity index (χ1v) is 30.8. The van der Waals surface area contributed by atoms with Gasteiger partial charge in [-0.1, -0.05) is 242 Å². The number of unbranched alkanes of at least 4 members (excludes halogenated alkanes) is 26. The van der Waals surface area contributed by atoms with Crippen molar-refractivity contribution in [1.29, 1.82) is 0 Å². The summed E-state index contributed by atoms with van der Waals surface area (Å²) in [4.78, 5) is 37.6. The second-order valence-corrected chi connectivity index (χ2v) is 22.2. The molecule has 0 aliphatic rings. The molecule has 0 radical (unpaired) electrons. The standard InChI is InChI=1S/C61H111N2O7P/c1-7-10-13-16-19-22-25-28-30-31-33-35-38-41-44-47-50-53-60(64)62-58(57-69-71(66,67)68-56-55-63(4,5)6)59(52-49-46-43-40-37-34-27-24-21-18-15-12-9-3)70-61(65)54-51-48-45-42-39-36-32-29-26-23-20-17-14-11-8-2/h10,13,19,22,28,30,33,35,41,44,49,52,58-59H,7-9,11-12,14-18,20-21,23-27,29,31-32,34,36-40,42-43,45-48,50-51,53-57H2,1-6H3,(H-,62,64,66,67)/p+1/b13-10-,22-19-,30-28-,35-33-,44-41-,52-49+. The normalized spacial score (nSPS) is 14.3. The summed E-state index contributed by atoms with van der Waals surface area (Å²) in [7, 11) is 1.46. The van der Waals surface area contributed by atoms with Gasteiger partial charge in [-0.15, -0.1) is 0 Å². The van der Waals surface area contributed by atoms with Crippen LogP contribution in [0.5, 0.6) is 0 Å². The van der Waals surface area contributed by atoms with Gasteiger partial charge in [0, 0.05) is 12.8 Å². The molecule has 71 heavy (non-hydrogen) atoms. The number of carbonyl (C=O) groups is 2. The zero-order chi connectivity index (χ0) is 52.2. The van der Waals surface area contributed by atoms with E-state index in [1.54, 1.807) is 0 Å². The Morgan fingerprint density at radius 1 is 0.507 bits per heavy atom. The second-order valence-electron chi connectivity index (χ2n) is 20.8. The molecule has 0 saturated carbocycles. The molecule has 0 aromatic carbocycles. The fourth-order valence-electron chi connectivity index (χ4n) is 8.15. The van der Waals surface area contributed by atoms with Crippen molar-refractivity contribution in [2.45, 2.75) is 264 Å². The first kappa shape index (κ1) is 68.5. The zero-order valence-corrected chi connectivity index (χ0v) is 47.8. The molecule has 10 heteroatoms. The summed E-state index contributed by atoms with van der Waals surface area (Å²) in [6.45, 7) is 6.86. The van der Waals surface area contributed by atoms with Gasteiger partial charge in [-0.25, -0.2) is 4.57 Å². The first-order valence-electron chi connectivity index (χ1n) is 29.3. The predicted octanol–water partition coefficient (Wildman–Crippen LogP) is 17.7. The van der Waals surface area contributed by atoms with Gasteiger partial charge < -0.3 is 19.4 Å². The van der Waals surface area contributed by atoms with E-state index in [9.17, 15) is 19.0 Å². The average molecular weight is 1020 g/mol. The molecule has 0 saturated heterocycles. The molecule has 412 valence electrons. The maximum absolute atomic E-state index is 13.5. The van der Waals surface area contributed by atoms with Gasteiger partial charge in [0.15, 0.2) is 0 Å². The number of nitrogens with one attached hydrogen (secondary N) is 1. The molecule has 0 rings (SSSR count). The van der Waals surface area contributed by atoms with Gasteiger partial charge in [-0.2, -0.15) is 0 Å². The minimum absolute atomic E-state index is 0.0284. The molecule has 0 heterocycles. The number of ether oxygens (including phenoxy) is 1. The van der Waals surface area contributed by atoms with Crippen molar-refractivity contribution in [3.8, 4) is 0 Å². The van der Waals surface area contributed by atoms with Crippen LogP contribution in [0, 0.1) is 0 Å². The van der Waals surface area contributed by atoms with Crippen LogP contribution in [-0.2, 0) is 27.9 Å². The Bertz CT molecular complexity index is 1450. The molecule has 3 atom stereocenters. The zero-order valence-electron chi connectivity index (χ0n) is 47.0. The Labute approximate surface area is 438 Å². The van der Waals surface area contributed by atoms with Gasteiger partial charge in [0.25, 0.3) is 0 Å². The van der Waals surface area contributed by atoms with Crippen LogP contribution in [-0.4, -0.2) is 74.3 Å². The van der Waals surface area contributed by atoms with Gasteiger partial charge in [0.2, 0.25) is 5.91 Å². The highest BCUT2D eigenvalue weighted by molar-refractivity contribution is 7.47. The van der Waals surface area contributed by atoms with Crippen LogP contribution in [0.15, 0.2) is 72.9 Å². The number of nitrogens with zero attached hydrogens (tertiary/aromatic N) is 1. The molecule has 3 unspecified atom stereocenters. The van der Waals surface area contributed by atoms with Crippen LogP contribution in [0.3, 0.4) is 0 Å². The number of phosphoric acid groups is 1. The molecular weight excluding hydrogens is 904 g/mol. The number of carbonyl (C=O) groups excluding carboxylic acids is 2. The summed E-state index contributed by atoms with van der Waals surface area (Å²) < 4.78 is 30.6. The van der Waals surface area contributed by atoms with Crippen molar-refractivity contribution < 1.29 is 37.3 Å². The lowest BCUT2D eigenvalue weighted by Gasteiger charge is -2.27. The third-order valence-electron chi connectivity index (χ3n) is 12.7. The van der Waals surface area contributed by atoms with Crippen molar-refractivity contribution in [2.24, 2.45) is 0 Å². The third kappa shape index (κ3) is 52.1. The highest BCUT2D eigenvalue weighted by Gasteiger charge is 2.30. The van der Waals surface area contributed by atoms with Crippen LogP contribution in [0.1, 0.15) is 252 Å². The second kappa shape index (κ2) is 51.0. The van der Waals surface area contributed by atoms with E-state index in [1.807, 2.05) is 33.3 Å². The molecule has 0 aromatic rings. The highest BCUT2D eigenvalue weighted by atomic mass is 31.2. The van der Waals surface area contributed by atoms with Crippen molar-refractivity contribution in [2.75, 3.05) is 40.9 Å². The number of rotatable bonds is 52. The maximum Gasteiger partial charge on any atom is 0.472 e. The highest BCUT2D eigenvalue weighted by Crippen LogP contribution is 2.43. The summed E-state index contributed by atoms with van der Waals surface area (Å²) in [6, 6.07) is -0.878. The summed E-state index contributed by atoms with van der Waals surface area (Å²) >= 11 is 0. The predicted molar refractivity (Wildman–Crippen MR) is 305 cm³/mol. The molecule has 0 aliphatic carbocycles. The summed E-state index contributed by atoms with van der Waals surface area (Å²) in [5.74, 6) is -0.569. The van der Waals surface area contributed by atoms with Crippen molar-refractivity contribution in [3.05, 3.63) is 72.9 Å². The van der Waals surface area contributed by atoms with E-state index in [4.69, 9.17) is 13.8 Å². The fraction of sp³-hybridized carbons (Fsp3) is 0.770. The van der Waals surface area contributed by atoms with Crippen molar-refractivity contribution in [3.63, 3.8) is 0 Å². The number of hydrogen-bond acceptors (Lipinski definition) is 6. The Balaban J connectivity index is 5.44. The molecule has 0 aliphatic heterocycles. The Hall–Kier alpha value is -2.55. The molecule has 2 N–H and O–H groups in total. The topological polar surface area (TPSA) is 111 Å². The van der Waals surface area contributed by atoms with E-state index in [2.05, 4.69) is 86.8 Å². The molecule has 0 aromatic heterocycles. The molecule has 1 amide bonds. The van der Waals surface area contributed by atoms with Crippen LogP contribution < -0.4 is 5.32 Å². The summed E-state index contributed by atoms with van der Waals surface area (Å²) in [5, 5.41) is 3.02. The Morgan fingerprint density at radius 3 is 1.37 bits per heavy atom. The van der Waals surface area contributed by atoms with Crippen molar-refractivity contribution >= 4 is 19.7 Å². The van der Waals surface area contributed by atoms with E-state index >= 15 is 0 Å². The number of likely N-dealkylation sites (N-methyl/N-ethyl adjacent to an activating group) is 1. The lowest BCUT2D eigenvalue weighted by Crippen LogP contribution is -2.47.